The molecule has 100 valence electrons. The van der Waals surface area contributed by atoms with Crippen LogP contribution < -0.4 is 10.5 Å². The molecule has 0 radical (unpaired) electrons. The van der Waals surface area contributed by atoms with Crippen molar-refractivity contribution in [2.75, 3.05) is 5.73 Å². The summed E-state index contributed by atoms with van der Waals surface area (Å²) in [4.78, 5) is 3.98. The highest BCUT2D eigenvalue weighted by Gasteiger charge is 2.24. The van der Waals surface area contributed by atoms with Crippen LogP contribution in [0.15, 0.2) is 23.2 Å². The highest BCUT2D eigenvalue weighted by atomic mass is 32.2. The Bertz CT molecular complexity index is 508. The molecule has 1 aromatic rings. The smallest absolute Gasteiger partial charge is 0.241 e. The van der Waals surface area contributed by atoms with Gasteiger partial charge >= 0.3 is 0 Å². The van der Waals surface area contributed by atoms with Crippen molar-refractivity contribution < 1.29 is 8.42 Å². The van der Waals surface area contributed by atoms with E-state index in [1.807, 2.05) is 0 Å². The number of hydrogen-bond acceptors (Lipinski definition) is 4. The van der Waals surface area contributed by atoms with Crippen LogP contribution in [0.4, 0.5) is 5.82 Å². The topological polar surface area (TPSA) is 85.1 Å². The molecule has 18 heavy (non-hydrogen) atoms. The molecule has 0 amide bonds. The molecular formula is C12H19N3O2S. The third kappa shape index (κ3) is 3.20. The standard InChI is InChI=1S/C12H19N3O2S/c1-9-2-4-10(5-3-9)15-18(16,17)11-6-7-14-12(13)8-11/h6-10,15H,2-5H2,1H3,(H2,13,14). The molecule has 0 bridgehead atoms. The molecule has 1 heterocycles. The second-order valence-corrected chi connectivity index (χ2v) is 6.71. The first-order chi connectivity index (χ1) is 8.47. The van der Waals surface area contributed by atoms with Crippen LogP contribution in [0.1, 0.15) is 32.6 Å². The van der Waals surface area contributed by atoms with E-state index >= 15 is 0 Å². The first-order valence-electron chi connectivity index (χ1n) is 6.21. The molecule has 0 aliphatic heterocycles. The summed E-state index contributed by atoms with van der Waals surface area (Å²) in [5.74, 6) is 0.914. The Labute approximate surface area is 108 Å². The minimum atomic E-state index is -3.47. The lowest BCUT2D eigenvalue weighted by Crippen LogP contribution is -2.37. The normalized spacial score (nSPS) is 24.9. The van der Waals surface area contributed by atoms with E-state index in [0.29, 0.717) is 5.92 Å². The summed E-state index contributed by atoms with van der Waals surface area (Å²) < 4.78 is 27.0. The fourth-order valence-electron chi connectivity index (χ4n) is 2.26. The van der Waals surface area contributed by atoms with Crippen molar-refractivity contribution in [3.63, 3.8) is 0 Å². The van der Waals surface area contributed by atoms with Crippen molar-refractivity contribution >= 4 is 15.8 Å². The summed E-state index contributed by atoms with van der Waals surface area (Å²) in [6.07, 6.45) is 5.37. The monoisotopic (exact) mass is 269 g/mol. The van der Waals surface area contributed by atoms with Gasteiger partial charge in [-0.05, 0) is 37.7 Å². The maximum atomic E-state index is 12.1. The van der Waals surface area contributed by atoms with Crippen LogP contribution in [-0.4, -0.2) is 19.4 Å². The summed E-state index contributed by atoms with van der Waals surface area (Å²) in [7, 11) is -3.47. The summed E-state index contributed by atoms with van der Waals surface area (Å²) in [5, 5.41) is 0. The molecule has 5 nitrogen and oxygen atoms in total. The largest absolute Gasteiger partial charge is 0.384 e. The number of nitrogens with two attached hydrogens (primary N) is 1. The fourth-order valence-corrected chi connectivity index (χ4v) is 3.59. The van der Waals surface area contributed by atoms with Gasteiger partial charge in [-0.2, -0.15) is 0 Å². The highest BCUT2D eigenvalue weighted by Crippen LogP contribution is 2.24. The number of sulfonamides is 1. The molecule has 0 unspecified atom stereocenters. The predicted octanol–water partition coefficient (Wildman–Crippen LogP) is 1.52. The van der Waals surface area contributed by atoms with Crippen LogP contribution in [-0.2, 0) is 10.0 Å². The second kappa shape index (κ2) is 5.24. The van der Waals surface area contributed by atoms with E-state index in [-0.39, 0.29) is 16.8 Å². The third-order valence-corrected chi connectivity index (χ3v) is 4.92. The summed E-state index contributed by atoms with van der Waals surface area (Å²) in [5.41, 5.74) is 5.50. The number of nitrogen functional groups attached to an aromatic ring is 1. The number of pyridine rings is 1. The Kier molecular flexibility index (Phi) is 3.87. The average Bonchev–Trinajstić information content (AvgIpc) is 2.32. The Morgan fingerprint density at radius 2 is 2.00 bits per heavy atom. The zero-order valence-electron chi connectivity index (χ0n) is 10.5. The lowest BCUT2D eigenvalue weighted by molar-refractivity contribution is 0.332. The zero-order valence-corrected chi connectivity index (χ0v) is 11.3. The molecule has 0 saturated heterocycles. The van der Waals surface area contributed by atoms with Gasteiger partial charge in [-0.3, -0.25) is 0 Å². The molecule has 0 aromatic carbocycles. The molecule has 0 atom stereocenters. The molecule has 1 saturated carbocycles. The van der Waals surface area contributed by atoms with Gasteiger partial charge in [-0.15, -0.1) is 0 Å². The Morgan fingerprint density at radius 3 is 2.61 bits per heavy atom. The highest BCUT2D eigenvalue weighted by molar-refractivity contribution is 7.89. The number of hydrogen-bond donors (Lipinski definition) is 2. The molecule has 1 aliphatic carbocycles. The second-order valence-electron chi connectivity index (χ2n) is 4.99. The number of anilines is 1. The Morgan fingerprint density at radius 1 is 1.33 bits per heavy atom. The van der Waals surface area contributed by atoms with Crippen LogP contribution in [0.5, 0.6) is 0 Å². The number of rotatable bonds is 3. The van der Waals surface area contributed by atoms with Gasteiger partial charge in [-0.25, -0.2) is 18.1 Å². The van der Waals surface area contributed by atoms with Gasteiger partial charge in [0.2, 0.25) is 10.0 Å². The van der Waals surface area contributed by atoms with Gasteiger partial charge in [0.1, 0.15) is 5.82 Å². The molecule has 0 spiro atoms. The molecular weight excluding hydrogens is 250 g/mol. The lowest BCUT2D eigenvalue weighted by atomic mass is 9.88. The molecule has 2 rings (SSSR count). The maximum absolute atomic E-state index is 12.1. The maximum Gasteiger partial charge on any atom is 0.241 e. The van der Waals surface area contributed by atoms with E-state index in [1.54, 1.807) is 0 Å². The van der Waals surface area contributed by atoms with Crippen LogP contribution in [0.3, 0.4) is 0 Å². The van der Waals surface area contributed by atoms with E-state index in [1.165, 1.54) is 18.3 Å². The summed E-state index contributed by atoms with van der Waals surface area (Å²) in [6.45, 7) is 2.20. The van der Waals surface area contributed by atoms with Crippen molar-refractivity contribution in [3.05, 3.63) is 18.3 Å². The first kappa shape index (κ1) is 13.3. The van der Waals surface area contributed by atoms with Gasteiger partial charge in [0.05, 0.1) is 4.90 Å². The van der Waals surface area contributed by atoms with E-state index < -0.39 is 10.0 Å². The molecule has 1 fully saturated rings. The van der Waals surface area contributed by atoms with Crippen molar-refractivity contribution in [1.29, 1.82) is 0 Å². The first-order valence-corrected chi connectivity index (χ1v) is 7.69. The van der Waals surface area contributed by atoms with Gasteiger partial charge in [0.25, 0.3) is 0 Å². The van der Waals surface area contributed by atoms with Crippen molar-refractivity contribution in [1.82, 2.24) is 9.71 Å². The van der Waals surface area contributed by atoms with Crippen molar-refractivity contribution in [2.45, 2.75) is 43.5 Å². The Balaban J connectivity index is 2.08. The van der Waals surface area contributed by atoms with Crippen LogP contribution >= 0.6 is 0 Å². The van der Waals surface area contributed by atoms with Gasteiger partial charge in [0.15, 0.2) is 0 Å². The summed E-state index contributed by atoms with van der Waals surface area (Å²) in [6, 6.07) is 2.89. The third-order valence-electron chi connectivity index (χ3n) is 3.40. The average molecular weight is 269 g/mol. The van der Waals surface area contributed by atoms with E-state index in [4.69, 9.17) is 5.73 Å². The quantitative estimate of drug-likeness (QED) is 0.871. The van der Waals surface area contributed by atoms with Gasteiger partial charge in [-0.1, -0.05) is 6.92 Å². The van der Waals surface area contributed by atoms with Gasteiger partial charge in [0, 0.05) is 18.3 Å². The minimum absolute atomic E-state index is 0.0422. The van der Waals surface area contributed by atoms with Crippen molar-refractivity contribution in [2.24, 2.45) is 5.92 Å². The SMILES string of the molecule is CC1CCC(NS(=O)(=O)c2ccnc(N)c2)CC1. The Hall–Kier alpha value is -1.14. The number of aromatic nitrogens is 1. The van der Waals surface area contributed by atoms with Crippen LogP contribution in [0.25, 0.3) is 0 Å². The minimum Gasteiger partial charge on any atom is -0.384 e. The van der Waals surface area contributed by atoms with E-state index in [0.717, 1.165) is 25.7 Å². The number of nitrogens with one attached hydrogen (secondary N) is 1. The molecule has 1 aromatic heterocycles. The zero-order chi connectivity index (χ0) is 13.2. The van der Waals surface area contributed by atoms with E-state index in [9.17, 15) is 8.42 Å². The molecule has 6 heteroatoms. The molecule has 1 aliphatic rings. The van der Waals surface area contributed by atoms with Gasteiger partial charge < -0.3 is 5.73 Å². The van der Waals surface area contributed by atoms with E-state index in [2.05, 4.69) is 16.6 Å². The van der Waals surface area contributed by atoms with Crippen LogP contribution in [0.2, 0.25) is 0 Å². The number of nitrogens with zero attached hydrogens (tertiary/aromatic N) is 1. The van der Waals surface area contributed by atoms with Crippen molar-refractivity contribution in [3.8, 4) is 0 Å². The van der Waals surface area contributed by atoms with Crippen LogP contribution in [0, 0.1) is 5.92 Å². The fraction of sp³-hybridized carbons (Fsp3) is 0.583. The molecule has 3 N–H and O–H groups in total. The summed E-state index contributed by atoms with van der Waals surface area (Å²) >= 11 is 0. The predicted molar refractivity (Wildman–Crippen MR) is 70.4 cm³/mol. The lowest BCUT2D eigenvalue weighted by Gasteiger charge is -2.26.